The van der Waals surface area contributed by atoms with Gasteiger partial charge in [-0.05, 0) is 64.1 Å². The van der Waals surface area contributed by atoms with Crippen molar-refractivity contribution >= 4 is 0 Å². The van der Waals surface area contributed by atoms with Crippen LogP contribution in [-0.2, 0) is 11.8 Å². The largest absolute Gasteiger partial charge is 0.393 e. The summed E-state index contributed by atoms with van der Waals surface area (Å²) in [5, 5.41) is 10.9. The minimum absolute atomic E-state index is 0.0307. The fourth-order valence-corrected chi connectivity index (χ4v) is 4.34. The molecule has 1 aromatic rings. The van der Waals surface area contributed by atoms with Crippen LogP contribution in [0, 0.1) is 5.92 Å². The molecule has 0 saturated carbocycles. The summed E-state index contributed by atoms with van der Waals surface area (Å²) in [6.45, 7) is 15.8. The molecule has 1 fully saturated rings. The molecule has 2 nitrogen and oxygen atoms in total. The summed E-state index contributed by atoms with van der Waals surface area (Å²) < 4.78 is 0. The minimum Gasteiger partial charge on any atom is -0.393 e. The van der Waals surface area contributed by atoms with Crippen LogP contribution in [0.25, 0.3) is 0 Å². The summed E-state index contributed by atoms with van der Waals surface area (Å²) >= 11 is 0. The van der Waals surface area contributed by atoms with E-state index in [2.05, 4.69) is 84.7 Å². The maximum absolute atomic E-state index is 10.9. The van der Waals surface area contributed by atoms with Gasteiger partial charge in [-0.3, -0.25) is 4.90 Å². The molecule has 0 radical (unpaired) electrons. The van der Waals surface area contributed by atoms with Crippen molar-refractivity contribution in [3.63, 3.8) is 0 Å². The molecule has 1 saturated heterocycles. The summed E-state index contributed by atoms with van der Waals surface area (Å²) in [7, 11) is 2.20. The Hall–Kier alpha value is -0.860. The van der Waals surface area contributed by atoms with E-state index in [1.165, 1.54) is 11.1 Å². The van der Waals surface area contributed by atoms with Crippen LogP contribution in [0.4, 0.5) is 0 Å². The van der Waals surface area contributed by atoms with E-state index in [4.69, 9.17) is 0 Å². The molecule has 2 atom stereocenters. The third-order valence-corrected chi connectivity index (χ3v) is 6.12. The second-order valence-corrected chi connectivity index (χ2v) is 9.51. The van der Waals surface area contributed by atoms with E-state index >= 15 is 0 Å². The van der Waals surface area contributed by atoms with Gasteiger partial charge < -0.3 is 5.11 Å². The van der Waals surface area contributed by atoms with E-state index in [0.29, 0.717) is 0 Å². The molecule has 2 heteroatoms. The van der Waals surface area contributed by atoms with Crippen LogP contribution < -0.4 is 0 Å². The maximum atomic E-state index is 10.9. The molecule has 2 unspecified atom stereocenters. The molecule has 1 heterocycles. The van der Waals surface area contributed by atoms with Crippen molar-refractivity contribution in [2.24, 2.45) is 5.92 Å². The second kappa shape index (κ2) is 5.89. The molecule has 0 spiro atoms. The van der Waals surface area contributed by atoms with Gasteiger partial charge in [0.15, 0.2) is 0 Å². The van der Waals surface area contributed by atoms with Crippen LogP contribution in [0.2, 0.25) is 0 Å². The van der Waals surface area contributed by atoms with E-state index in [0.717, 1.165) is 12.8 Å². The maximum Gasteiger partial charge on any atom is 0.0606 e. The lowest BCUT2D eigenvalue weighted by Crippen LogP contribution is -2.65. The fourth-order valence-electron chi connectivity index (χ4n) is 4.34. The Morgan fingerprint density at radius 3 is 2.26 bits per heavy atom. The van der Waals surface area contributed by atoms with E-state index in [-0.39, 0.29) is 28.5 Å². The number of likely N-dealkylation sites (tertiary alicyclic amines) is 1. The Morgan fingerprint density at radius 2 is 1.70 bits per heavy atom. The zero-order valence-electron chi connectivity index (χ0n) is 16.3. The molecule has 0 aliphatic carbocycles. The monoisotopic (exact) mass is 317 g/mol. The number of benzene rings is 1. The Bertz CT molecular complexity index is 553. The normalized spacial score (nSPS) is 27.9. The van der Waals surface area contributed by atoms with Crippen LogP contribution in [0.5, 0.6) is 0 Å². The van der Waals surface area contributed by atoms with Crippen molar-refractivity contribution < 1.29 is 5.11 Å². The lowest BCUT2D eigenvalue weighted by atomic mass is 9.68. The summed E-state index contributed by atoms with van der Waals surface area (Å²) in [6.07, 6.45) is 1.50. The van der Waals surface area contributed by atoms with Crippen molar-refractivity contribution in [2.75, 3.05) is 7.05 Å². The number of aliphatic hydroxyl groups is 1. The summed E-state index contributed by atoms with van der Waals surface area (Å²) in [5.74, 6) is 0.240. The second-order valence-electron chi connectivity index (χ2n) is 9.51. The molecular weight excluding hydrogens is 282 g/mol. The minimum atomic E-state index is -0.260. The number of hydrogen-bond acceptors (Lipinski definition) is 2. The molecule has 2 rings (SSSR count). The first kappa shape index (κ1) is 18.5. The van der Waals surface area contributed by atoms with Gasteiger partial charge in [-0.15, -0.1) is 0 Å². The lowest BCUT2D eigenvalue weighted by molar-refractivity contribution is -0.111. The number of hydrogen-bond donors (Lipinski definition) is 1. The molecule has 1 aliphatic heterocycles. The Labute approximate surface area is 142 Å². The van der Waals surface area contributed by atoms with Crippen molar-refractivity contribution in [3.05, 3.63) is 35.4 Å². The number of piperidine rings is 1. The molecule has 1 N–H and O–H groups in total. The van der Waals surface area contributed by atoms with E-state index in [9.17, 15) is 5.11 Å². The van der Waals surface area contributed by atoms with Gasteiger partial charge in [0.2, 0.25) is 0 Å². The predicted octanol–water partition coefficient (Wildman–Crippen LogP) is 4.40. The van der Waals surface area contributed by atoms with Gasteiger partial charge in [-0.1, -0.05) is 45.0 Å². The van der Waals surface area contributed by atoms with Gasteiger partial charge in [-0.2, -0.15) is 0 Å². The molecule has 23 heavy (non-hydrogen) atoms. The summed E-state index contributed by atoms with van der Waals surface area (Å²) in [4.78, 5) is 2.46. The van der Waals surface area contributed by atoms with Crippen molar-refractivity contribution in [3.8, 4) is 0 Å². The first-order valence-electron chi connectivity index (χ1n) is 8.88. The highest BCUT2D eigenvalue weighted by Gasteiger charge is 2.49. The molecule has 0 bridgehead atoms. The van der Waals surface area contributed by atoms with Gasteiger partial charge in [0.1, 0.15) is 0 Å². The number of aliphatic hydroxyl groups excluding tert-OH is 1. The highest BCUT2D eigenvalue weighted by Crippen LogP contribution is 2.43. The third-order valence-electron chi connectivity index (χ3n) is 6.12. The molecule has 1 aromatic carbocycles. The number of rotatable bonds is 2. The highest BCUT2D eigenvalue weighted by molar-refractivity contribution is 5.33. The zero-order chi connectivity index (χ0) is 17.6. The fraction of sp³-hybridized carbons (Fsp3) is 0.714. The van der Waals surface area contributed by atoms with Crippen molar-refractivity contribution in [2.45, 2.75) is 83.9 Å². The highest BCUT2D eigenvalue weighted by atomic mass is 16.3. The molecule has 0 amide bonds. The smallest absolute Gasteiger partial charge is 0.0606 e. The van der Waals surface area contributed by atoms with Gasteiger partial charge in [0, 0.05) is 17.0 Å². The molecular formula is C21H35NO. The average molecular weight is 318 g/mol. The van der Waals surface area contributed by atoms with Crippen molar-refractivity contribution in [1.29, 1.82) is 0 Å². The van der Waals surface area contributed by atoms with Gasteiger partial charge in [0.05, 0.1) is 6.10 Å². The van der Waals surface area contributed by atoms with Crippen LogP contribution >= 0.6 is 0 Å². The SMILES string of the molecule is CN1C(C)(C)CC(O)C(Cc2ccccc2C(C)(C)C)C1(C)C. The Balaban J connectivity index is 2.37. The van der Waals surface area contributed by atoms with E-state index in [1.807, 2.05) is 0 Å². The lowest BCUT2D eigenvalue weighted by Gasteiger charge is -2.57. The van der Waals surface area contributed by atoms with Crippen LogP contribution in [0.1, 0.15) is 66.0 Å². The summed E-state index contributed by atoms with van der Waals surface area (Å²) in [5.41, 5.74) is 2.90. The average Bonchev–Trinajstić information content (AvgIpc) is 2.41. The van der Waals surface area contributed by atoms with Gasteiger partial charge in [0.25, 0.3) is 0 Å². The topological polar surface area (TPSA) is 23.5 Å². The molecule has 1 aliphatic rings. The van der Waals surface area contributed by atoms with Crippen molar-refractivity contribution in [1.82, 2.24) is 4.90 Å². The number of nitrogens with zero attached hydrogens (tertiary/aromatic N) is 1. The van der Waals surface area contributed by atoms with Crippen LogP contribution in [0.15, 0.2) is 24.3 Å². The van der Waals surface area contributed by atoms with E-state index in [1.54, 1.807) is 0 Å². The predicted molar refractivity (Wildman–Crippen MR) is 98.9 cm³/mol. The first-order chi connectivity index (χ1) is 10.4. The first-order valence-corrected chi connectivity index (χ1v) is 8.88. The quantitative estimate of drug-likeness (QED) is 0.874. The van der Waals surface area contributed by atoms with Gasteiger partial charge in [-0.25, -0.2) is 0 Å². The van der Waals surface area contributed by atoms with Crippen LogP contribution in [0.3, 0.4) is 0 Å². The third kappa shape index (κ3) is 3.49. The zero-order valence-corrected chi connectivity index (χ0v) is 16.3. The molecule has 0 aromatic heterocycles. The Kier molecular flexibility index (Phi) is 4.74. The van der Waals surface area contributed by atoms with E-state index < -0.39 is 0 Å². The summed E-state index contributed by atoms with van der Waals surface area (Å²) in [6, 6.07) is 8.73. The van der Waals surface area contributed by atoms with Crippen LogP contribution in [-0.4, -0.2) is 34.2 Å². The standard InChI is InChI=1S/C21H35NO/c1-19(2,3)16-12-10-9-11-15(16)13-17-18(23)14-20(4,5)22(8)21(17,6)7/h9-12,17-18,23H,13-14H2,1-8H3. The Morgan fingerprint density at radius 1 is 1.13 bits per heavy atom. The molecule has 130 valence electrons. The van der Waals surface area contributed by atoms with Gasteiger partial charge >= 0.3 is 0 Å².